The highest BCUT2D eigenvalue weighted by atomic mass is 16.5. The van der Waals surface area contributed by atoms with Crippen LogP contribution >= 0.6 is 0 Å². The van der Waals surface area contributed by atoms with E-state index >= 15 is 0 Å². The fourth-order valence-corrected chi connectivity index (χ4v) is 7.09. The lowest BCUT2D eigenvalue weighted by atomic mass is 10.0. The van der Waals surface area contributed by atoms with E-state index in [0.717, 1.165) is 53.5 Å². The first-order chi connectivity index (χ1) is 27.3. The SMILES string of the molecule is CCc1nc(C)oc1C(=O)Nc1nc2cc(C=O)cnc2n1C/C=C/Cn1c2nc(-c3cc(C)nn3CC)ncc2c2cc(C=O)cc(OCCC3CNC3)c21. The molecule has 0 bridgehead atoms. The van der Waals surface area contributed by atoms with E-state index in [0.29, 0.717) is 89.4 Å². The highest BCUT2D eigenvalue weighted by Gasteiger charge is 2.23. The summed E-state index contributed by atoms with van der Waals surface area (Å²) in [5, 5.41) is 12.4. The normalized spacial score (nSPS) is 13.3. The number of ether oxygens (including phenoxy) is 1. The molecule has 0 unspecified atom stereocenters. The zero-order valence-corrected chi connectivity index (χ0v) is 31.6. The van der Waals surface area contributed by atoms with Gasteiger partial charge >= 0.3 is 0 Å². The molecule has 1 amide bonds. The number of aldehydes is 2. The number of hydrogen-bond acceptors (Lipinski definition) is 12. The number of allylic oxidation sites excluding steroid dienone is 2. The number of carbonyl (C=O) groups excluding carboxylic acids is 3. The summed E-state index contributed by atoms with van der Waals surface area (Å²) in [5.41, 5.74) is 5.46. The van der Waals surface area contributed by atoms with Crippen LogP contribution in [0.1, 0.15) is 68.8 Å². The number of rotatable bonds is 15. The average Bonchev–Trinajstić information content (AvgIpc) is 3.94. The van der Waals surface area contributed by atoms with Gasteiger partial charge in [0.15, 0.2) is 23.6 Å². The fourth-order valence-electron chi connectivity index (χ4n) is 7.09. The van der Waals surface area contributed by atoms with E-state index in [1.165, 1.54) is 6.20 Å². The fraction of sp³-hybridized carbons (Fsp3) is 0.325. The molecule has 56 heavy (non-hydrogen) atoms. The predicted octanol–water partition coefficient (Wildman–Crippen LogP) is 5.50. The third-order valence-corrected chi connectivity index (χ3v) is 9.95. The van der Waals surface area contributed by atoms with Crippen LogP contribution in [0, 0.1) is 19.8 Å². The van der Waals surface area contributed by atoms with Crippen molar-refractivity contribution >= 4 is 57.5 Å². The van der Waals surface area contributed by atoms with Crippen molar-refractivity contribution in [1.29, 1.82) is 0 Å². The maximum atomic E-state index is 13.4. The molecule has 16 nitrogen and oxygen atoms in total. The van der Waals surface area contributed by atoms with E-state index in [9.17, 15) is 14.4 Å². The van der Waals surface area contributed by atoms with Gasteiger partial charge in [-0.3, -0.25) is 28.9 Å². The number of nitrogens with zero attached hydrogens (tertiary/aromatic N) is 9. The molecule has 7 heterocycles. The molecule has 0 aliphatic carbocycles. The minimum Gasteiger partial charge on any atom is -0.491 e. The number of pyridine rings is 1. The Labute approximate surface area is 321 Å². The maximum Gasteiger partial charge on any atom is 0.295 e. The largest absolute Gasteiger partial charge is 0.491 e. The van der Waals surface area contributed by atoms with Gasteiger partial charge in [0.05, 0.1) is 23.5 Å². The molecule has 1 aliphatic rings. The quantitative estimate of drug-likeness (QED) is 0.0989. The van der Waals surface area contributed by atoms with Gasteiger partial charge in [-0.15, -0.1) is 0 Å². The van der Waals surface area contributed by atoms with Gasteiger partial charge < -0.3 is 19.0 Å². The molecular weight excluding hydrogens is 715 g/mol. The zero-order valence-electron chi connectivity index (χ0n) is 31.6. The number of nitrogens with one attached hydrogen (secondary N) is 2. The van der Waals surface area contributed by atoms with Crippen LogP contribution in [0.15, 0.2) is 53.2 Å². The third kappa shape index (κ3) is 6.83. The first-order valence-electron chi connectivity index (χ1n) is 18.7. The number of imidazole rings is 1. The first-order valence-corrected chi connectivity index (χ1v) is 18.7. The summed E-state index contributed by atoms with van der Waals surface area (Å²) in [5.74, 6) is 1.92. The second-order valence-corrected chi connectivity index (χ2v) is 13.8. The van der Waals surface area contributed by atoms with Crippen LogP contribution < -0.4 is 15.4 Å². The Morgan fingerprint density at radius 3 is 2.48 bits per heavy atom. The van der Waals surface area contributed by atoms with Crippen LogP contribution in [0.5, 0.6) is 5.75 Å². The van der Waals surface area contributed by atoms with Crippen molar-refractivity contribution in [2.24, 2.45) is 5.92 Å². The van der Waals surface area contributed by atoms with E-state index in [1.54, 1.807) is 29.8 Å². The smallest absolute Gasteiger partial charge is 0.295 e. The predicted molar refractivity (Wildman–Crippen MR) is 209 cm³/mol. The molecule has 0 spiro atoms. The van der Waals surface area contributed by atoms with Gasteiger partial charge in [0.1, 0.15) is 28.9 Å². The van der Waals surface area contributed by atoms with Crippen LogP contribution in [-0.2, 0) is 26.1 Å². The van der Waals surface area contributed by atoms with Crippen molar-refractivity contribution in [3.05, 3.63) is 83.0 Å². The van der Waals surface area contributed by atoms with E-state index in [-0.39, 0.29) is 18.3 Å². The molecule has 1 saturated heterocycles. The zero-order chi connectivity index (χ0) is 38.9. The summed E-state index contributed by atoms with van der Waals surface area (Å²) in [4.78, 5) is 60.5. The number of amides is 1. The highest BCUT2D eigenvalue weighted by molar-refractivity contribution is 6.10. The molecule has 2 N–H and O–H groups in total. The summed E-state index contributed by atoms with van der Waals surface area (Å²) in [7, 11) is 0. The van der Waals surface area contributed by atoms with E-state index < -0.39 is 5.91 Å². The molecule has 1 fully saturated rings. The lowest BCUT2D eigenvalue weighted by molar-refractivity contribution is 0.0992. The Kier molecular flexibility index (Phi) is 9.95. The van der Waals surface area contributed by atoms with E-state index in [1.807, 2.05) is 49.7 Å². The monoisotopic (exact) mass is 755 g/mol. The average molecular weight is 756 g/mol. The number of benzene rings is 1. The van der Waals surface area contributed by atoms with Crippen molar-refractivity contribution in [1.82, 2.24) is 49.2 Å². The van der Waals surface area contributed by atoms with Crippen molar-refractivity contribution in [3.8, 4) is 17.3 Å². The molecule has 1 aliphatic heterocycles. The molecule has 286 valence electrons. The number of hydrogen-bond donors (Lipinski definition) is 2. The summed E-state index contributed by atoms with van der Waals surface area (Å²) in [6.07, 6.45) is 10.1. The molecule has 16 heteroatoms. The van der Waals surface area contributed by atoms with Gasteiger partial charge in [-0.25, -0.2) is 24.9 Å². The van der Waals surface area contributed by atoms with Crippen molar-refractivity contribution in [3.63, 3.8) is 0 Å². The number of carbonyl (C=O) groups is 3. The number of fused-ring (bicyclic) bond motifs is 4. The molecule has 0 atom stereocenters. The van der Waals surface area contributed by atoms with E-state index in [4.69, 9.17) is 19.1 Å². The number of aryl methyl sites for hydroxylation is 4. The highest BCUT2D eigenvalue weighted by Crippen LogP contribution is 2.36. The minimum atomic E-state index is -0.491. The Morgan fingerprint density at radius 1 is 0.946 bits per heavy atom. The van der Waals surface area contributed by atoms with Gasteiger partial charge in [-0.1, -0.05) is 19.1 Å². The lowest BCUT2D eigenvalue weighted by Crippen LogP contribution is -2.42. The van der Waals surface area contributed by atoms with Crippen LogP contribution in [-0.4, -0.2) is 82.0 Å². The molecule has 1 aromatic carbocycles. The maximum absolute atomic E-state index is 13.4. The Hall–Kier alpha value is -6.55. The standard InChI is InChI=1S/C40H41N11O5/c1-5-30-35(56-24(4)44-30)39(54)47-40-45-31-15-27(22-53)19-43-38(31)50(40)11-8-7-10-49-34-28(14-26(21-52)16-33(34)55-12-9-25-17-41-18-25)29-20-42-36(46-37(29)49)32-13-23(3)48-51(32)6-2/h7-8,13-16,19-22,25,41H,5-6,9-12,17-18H2,1-4H3,(H,45,47,54)/b8-7+. The summed E-state index contributed by atoms with van der Waals surface area (Å²) < 4.78 is 17.8. The Balaban J connectivity index is 1.18. The number of anilines is 1. The van der Waals surface area contributed by atoms with Crippen LogP contribution in [0.4, 0.5) is 5.95 Å². The van der Waals surface area contributed by atoms with Gasteiger partial charge in [-0.05, 0) is 70.0 Å². The summed E-state index contributed by atoms with van der Waals surface area (Å²) in [6, 6.07) is 7.22. The Morgan fingerprint density at radius 2 is 1.75 bits per heavy atom. The van der Waals surface area contributed by atoms with Crippen LogP contribution in [0.2, 0.25) is 0 Å². The lowest BCUT2D eigenvalue weighted by Gasteiger charge is -2.26. The van der Waals surface area contributed by atoms with E-state index in [2.05, 4.69) is 35.3 Å². The molecular formula is C40H41N11O5. The molecule has 0 saturated carbocycles. The third-order valence-electron chi connectivity index (χ3n) is 9.95. The van der Waals surface area contributed by atoms with Gasteiger partial charge in [0.25, 0.3) is 5.91 Å². The Bertz CT molecular complexity index is 2660. The van der Waals surface area contributed by atoms with Crippen LogP contribution in [0.3, 0.4) is 0 Å². The first kappa shape index (κ1) is 36.4. The minimum absolute atomic E-state index is 0.116. The van der Waals surface area contributed by atoms with Gasteiger partial charge in [-0.2, -0.15) is 5.10 Å². The molecule has 6 aromatic heterocycles. The van der Waals surface area contributed by atoms with Gasteiger partial charge in [0.2, 0.25) is 11.7 Å². The second kappa shape index (κ2) is 15.3. The van der Waals surface area contributed by atoms with Crippen molar-refractivity contribution in [2.75, 3.05) is 25.0 Å². The molecule has 0 radical (unpaired) electrons. The van der Waals surface area contributed by atoms with Crippen LogP contribution in [0.25, 0.3) is 44.6 Å². The van der Waals surface area contributed by atoms with Crippen molar-refractivity contribution in [2.45, 2.75) is 60.2 Å². The molecule has 8 rings (SSSR count). The van der Waals surface area contributed by atoms with Crippen molar-refractivity contribution < 1.29 is 23.5 Å². The second-order valence-electron chi connectivity index (χ2n) is 13.8. The summed E-state index contributed by atoms with van der Waals surface area (Å²) >= 11 is 0. The number of aromatic nitrogens is 9. The topological polar surface area (TPSA) is 190 Å². The summed E-state index contributed by atoms with van der Waals surface area (Å²) in [6.45, 7) is 11.3. The number of oxazole rings is 1. The molecule has 7 aromatic rings. The van der Waals surface area contributed by atoms with Gasteiger partial charge in [0, 0.05) is 60.9 Å².